The third kappa shape index (κ3) is 5.28. The lowest BCUT2D eigenvalue weighted by atomic mass is 9.99. The minimum absolute atomic E-state index is 0.0652. The van der Waals surface area contributed by atoms with Crippen LogP contribution in [0.4, 0.5) is 9.52 Å². The number of pyridine rings is 1. The predicted octanol–water partition coefficient (Wildman–Crippen LogP) is 5.10. The van der Waals surface area contributed by atoms with Crippen molar-refractivity contribution in [3.63, 3.8) is 0 Å². The summed E-state index contributed by atoms with van der Waals surface area (Å²) in [5.74, 6) is -0.128. The van der Waals surface area contributed by atoms with Crippen molar-refractivity contribution >= 4 is 34.0 Å². The number of ether oxygens (including phenoxy) is 2. The SMILES string of the molecule is COc1ccc(F)cc1-c1cc(C#N)ncc1C(=O)Nc1nnc(COc2ccc(Cl)cc2)s1. The van der Waals surface area contributed by atoms with Crippen molar-refractivity contribution in [3.8, 4) is 28.7 Å². The molecule has 0 spiro atoms. The van der Waals surface area contributed by atoms with Crippen LogP contribution in [0.25, 0.3) is 11.1 Å². The van der Waals surface area contributed by atoms with E-state index < -0.39 is 11.7 Å². The molecule has 0 aliphatic heterocycles. The molecule has 1 amide bonds. The van der Waals surface area contributed by atoms with Gasteiger partial charge < -0.3 is 9.47 Å². The van der Waals surface area contributed by atoms with Gasteiger partial charge in [0.25, 0.3) is 5.91 Å². The fourth-order valence-electron chi connectivity index (χ4n) is 3.01. The van der Waals surface area contributed by atoms with Gasteiger partial charge in [-0.05, 0) is 48.5 Å². The molecule has 1 N–H and O–H groups in total. The van der Waals surface area contributed by atoms with Crippen molar-refractivity contribution in [1.29, 1.82) is 5.26 Å². The van der Waals surface area contributed by atoms with Gasteiger partial charge in [0, 0.05) is 22.3 Å². The van der Waals surface area contributed by atoms with Gasteiger partial charge in [0.2, 0.25) is 5.13 Å². The standard InChI is InChI=1S/C23H15ClFN5O3S/c1-32-20-7-4-14(25)8-18(20)17-9-15(10-26)27-11-19(17)22(31)28-23-30-29-21(34-23)12-33-16-5-2-13(24)3-6-16/h2-9,11H,12H2,1H3,(H,28,30,31). The first-order valence-corrected chi connectivity index (χ1v) is 10.9. The molecule has 0 fully saturated rings. The fraction of sp³-hybridized carbons (Fsp3) is 0.0870. The van der Waals surface area contributed by atoms with E-state index >= 15 is 0 Å². The number of halogens is 2. The number of nitrogens with zero attached hydrogens (tertiary/aromatic N) is 4. The van der Waals surface area contributed by atoms with Crippen LogP contribution >= 0.6 is 22.9 Å². The topological polar surface area (TPSA) is 110 Å². The number of methoxy groups -OCH3 is 1. The van der Waals surface area contributed by atoms with E-state index in [4.69, 9.17) is 21.1 Å². The lowest BCUT2D eigenvalue weighted by Gasteiger charge is -2.13. The molecule has 0 atom stereocenters. The Labute approximate surface area is 202 Å². The van der Waals surface area contributed by atoms with Gasteiger partial charge in [-0.2, -0.15) is 5.26 Å². The van der Waals surface area contributed by atoms with E-state index in [9.17, 15) is 14.4 Å². The number of rotatable bonds is 7. The maximum atomic E-state index is 14.0. The molecule has 0 radical (unpaired) electrons. The Balaban J connectivity index is 1.55. The Morgan fingerprint density at radius 3 is 2.71 bits per heavy atom. The minimum Gasteiger partial charge on any atom is -0.496 e. The Kier molecular flexibility index (Phi) is 6.96. The molecule has 0 saturated heterocycles. The predicted molar refractivity (Wildman–Crippen MR) is 125 cm³/mol. The van der Waals surface area contributed by atoms with E-state index in [1.54, 1.807) is 24.3 Å². The maximum Gasteiger partial charge on any atom is 0.259 e. The zero-order valence-corrected chi connectivity index (χ0v) is 19.2. The van der Waals surface area contributed by atoms with Crippen molar-refractivity contribution < 1.29 is 18.7 Å². The highest BCUT2D eigenvalue weighted by Gasteiger charge is 2.20. The number of nitriles is 1. The highest BCUT2D eigenvalue weighted by Crippen LogP contribution is 2.34. The van der Waals surface area contributed by atoms with Crippen LogP contribution in [0.2, 0.25) is 5.02 Å². The molecule has 0 unspecified atom stereocenters. The summed E-state index contributed by atoms with van der Waals surface area (Å²) in [5.41, 5.74) is 0.768. The first kappa shape index (κ1) is 23.1. The number of carbonyl (C=O) groups excluding carboxylic acids is 1. The van der Waals surface area contributed by atoms with Crippen LogP contribution in [0.1, 0.15) is 21.1 Å². The second-order valence-electron chi connectivity index (χ2n) is 6.77. The Morgan fingerprint density at radius 2 is 1.97 bits per heavy atom. The van der Waals surface area contributed by atoms with Crippen molar-refractivity contribution in [2.24, 2.45) is 0 Å². The minimum atomic E-state index is -0.556. The second-order valence-corrected chi connectivity index (χ2v) is 8.27. The van der Waals surface area contributed by atoms with Crippen molar-refractivity contribution in [2.45, 2.75) is 6.61 Å². The molecule has 0 aliphatic carbocycles. The van der Waals surface area contributed by atoms with Gasteiger partial charge in [0.05, 0.1) is 12.7 Å². The average Bonchev–Trinajstić information content (AvgIpc) is 3.30. The number of amides is 1. The molecule has 2 aromatic carbocycles. The Hall–Kier alpha value is -4.07. The summed E-state index contributed by atoms with van der Waals surface area (Å²) in [6.07, 6.45) is 1.25. The maximum absolute atomic E-state index is 14.0. The second kappa shape index (κ2) is 10.2. The lowest BCUT2D eigenvalue weighted by Crippen LogP contribution is -2.14. The van der Waals surface area contributed by atoms with Crippen LogP contribution < -0.4 is 14.8 Å². The fourth-order valence-corrected chi connectivity index (χ4v) is 3.79. The molecule has 4 aromatic rings. The number of benzene rings is 2. The molecule has 0 aliphatic rings. The van der Waals surface area contributed by atoms with Gasteiger partial charge in [-0.25, -0.2) is 9.37 Å². The van der Waals surface area contributed by atoms with Crippen LogP contribution in [0, 0.1) is 17.1 Å². The number of hydrogen-bond donors (Lipinski definition) is 1. The highest BCUT2D eigenvalue weighted by molar-refractivity contribution is 7.15. The molecule has 4 rings (SSSR count). The molecule has 0 bridgehead atoms. The summed E-state index contributed by atoms with van der Waals surface area (Å²) >= 11 is 7.00. The smallest absolute Gasteiger partial charge is 0.259 e. The highest BCUT2D eigenvalue weighted by atomic mass is 35.5. The van der Waals surface area contributed by atoms with E-state index in [2.05, 4.69) is 20.5 Å². The molecule has 11 heteroatoms. The number of anilines is 1. The summed E-state index contributed by atoms with van der Waals surface area (Å²) in [7, 11) is 1.43. The van der Waals surface area contributed by atoms with Crippen molar-refractivity contribution in [1.82, 2.24) is 15.2 Å². The first-order chi connectivity index (χ1) is 16.5. The van der Waals surface area contributed by atoms with Crippen molar-refractivity contribution in [3.05, 3.63) is 81.8 Å². The molecule has 2 heterocycles. The van der Waals surface area contributed by atoms with Crippen molar-refractivity contribution in [2.75, 3.05) is 12.4 Å². The monoisotopic (exact) mass is 495 g/mol. The largest absolute Gasteiger partial charge is 0.496 e. The summed E-state index contributed by atoms with van der Waals surface area (Å²) < 4.78 is 24.9. The van der Waals surface area contributed by atoms with Crippen LogP contribution in [0.15, 0.2) is 54.7 Å². The van der Waals surface area contributed by atoms with Gasteiger partial charge in [-0.15, -0.1) is 10.2 Å². The molecule has 34 heavy (non-hydrogen) atoms. The average molecular weight is 496 g/mol. The summed E-state index contributed by atoms with van der Waals surface area (Å²) in [6.45, 7) is 0.152. The zero-order valence-electron chi connectivity index (χ0n) is 17.6. The van der Waals surface area contributed by atoms with E-state index in [-0.39, 0.29) is 28.6 Å². The summed E-state index contributed by atoms with van der Waals surface area (Å²) in [6, 6.07) is 14.1. The van der Waals surface area contributed by atoms with Crippen LogP contribution in [0.5, 0.6) is 11.5 Å². The van der Waals surface area contributed by atoms with Gasteiger partial charge in [0.15, 0.2) is 5.01 Å². The molecular weight excluding hydrogens is 481 g/mol. The quantitative estimate of drug-likeness (QED) is 0.379. The van der Waals surface area contributed by atoms with Crippen LogP contribution in [0.3, 0.4) is 0 Å². The van der Waals surface area contributed by atoms with Gasteiger partial charge >= 0.3 is 0 Å². The van der Waals surface area contributed by atoms with E-state index in [0.29, 0.717) is 27.1 Å². The number of carbonyl (C=O) groups is 1. The third-order valence-corrected chi connectivity index (χ3v) is 5.64. The van der Waals surface area contributed by atoms with Gasteiger partial charge in [-0.1, -0.05) is 22.9 Å². The van der Waals surface area contributed by atoms with Gasteiger partial charge in [-0.3, -0.25) is 10.1 Å². The third-order valence-electron chi connectivity index (χ3n) is 4.58. The van der Waals surface area contributed by atoms with E-state index in [1.165, 1.54) is 37.6 Å². The Bertz CT molecular complexity index is 1390. The first-order valence-electron chi connectivity index (χ1n) is 9.73. The molecule has 2 aromatic heterocycles. The van der Waals surface area contributed by atoms with Gasteiger partial charge in [0.1, 0.15) is 35.7 Å². The molecule has 0 saturated carbocycles. The van der Waals surface area contributed by atoms with E-state index in [0.717, 1.165) is 11.3 Å². The normalized spacial score (nSPS) is 10.4. The van der Waals surface area contributed by atoms with Crippen LogP contribution in [-0.4, -0.2) is 28.2 Å². The molecule has 8 nitrogen and oxygen atoms in total. The molecule has 170 valence electrons. The summed E-state index contributed by atoms with van der Waals surface area (Å²) in [5, 5.41) is 21.3. The Morgan fingerprint density at radius 1 is 1.18 bits per heavy atom. The summed E-state index contributed by atoms with van der Waals surface area (Å²) in [4.78, 5) is 17.0. The van der Waals surface area contributed by atoms with Crippen LogP contribution in [-0.2, 0) is 6.61 Å². The molecular formula is C23H15ClFN5O3S. The van der Waals surface area contributed by atoms with E-state index in [1.807, 2.05) is 6.07 Å². The zero-order chi connectivity index (χ0) is 24.1. The number of aromatic nitrogens is 3. The number of hydrogen-bond acceptors (Lipinski definition) is 8. The number of nitrogens with one attached hydrogen (secondary N) is 1. The lowest BCUT2D eigenvalue weighted by molar-refractivity contribution is 0.102.